The van der Waals surface area contributed by atoms with Crippen molar-refractivity contribution in [3.05, 3.63) is 71.0 Å². The third kappa shape index (κ3) is 4.65. The molecule has 2 bridgehead atoms. The van der Waals surface area contributed by atoms with Crippen molar-refractivity contribution in [3.8, 4) is 0 Å². The summed E-state index contributed by atoms with van der Waals surface area (Å²) in [5, 5.41) is 2.68. The Labute approximate surface area is 184 Å². The summed E-state index contributed by atoms with van der Waals surface area (Å²) < 4.78 is 40.7. The minimum Gasteiger partial charge on any atom is -0.343 e. The van der Waals surface area contributed by atoms with Gasteiger partial charge in [-0.1, -0.05) is 18.2 Å². The molecule has 0 saturated carbocycles. The summed E-state index contributed by atoms with van der Waals surface area (Å²) in [7, 11) is 0. The first-order valence-corrected chi connectivity index (χ1v) is 10.9. The van der Waals surface area contributed by atoms with Crippen molar-refractivity contribution in [2.45, 2.75) is 50.2 Å². The number of carbonyl (C=O) groups is 2. The van der Waals surface area contributed by atoms with Crippen LogP contribution in [0, 0.1) is 23.4 Å². The first-order chi connectivity index (χ1) is 15.3. The maximum atomic E-state index is 14.0. The van der Waals surface area contributed by atoms with Gasteiger partial charge in [0.25, 0.3) is 5.91 Å². The van der Waals surface area contributed by atoms with E-state index in [4.69, 9.17) is 5.73 Å². The molecular formula is C24H26F3N3O2. The Morgan fingerprint density at radius 3 is 2.28 bits per heavy atom. The van der Waals surface area contributed by atoms with Gasteiger partial charge in [-0.25, -0.2) is 13.2 Å². The SMILES string of the molecule is N[C@H](Cc1cc(F)c(F)cc1F)C1C[C@H]2CC[C@@H](C1)N2C(=O)CNC(=O)c1ccccc1. The number of carbonyl (C=O) groups excluding carboxylic acids is 2. The average Bonchev–Trinajstić information content (AvgIpc) is 3.05. The lowest BCUT2D eigenvalue weighted by atomic mass is 9.82. The molecule has 2 aliphatic rings. The maximum absolute atomic E-state index is 14.0. The number of hydrogen-bond donors (Lipinski definition) is 2. The maximum Gasteiger partial charge on any atom is 0.251 e. The molecule has 2 fully saturated rings. The first-order valence-electron chi connectivity index (χ1n) is 10.9. The number of benzene rings is 2. The van der Waals surface area contributed by atoms with Crippen LogP contribution in [0.15, 0.2) is 42.5 Å². The van der Waals surface area contributed by atoms with Crippen LogP contribution in [0.25, 0.3) is 0 Å². The fourth-order valence-electron chi connectivity index (χ4n) is 5.06. The molecule has 2 amide bonds. The number of hydrogen-bond acceptors (Lipinski definition) is 3. The van der Waals surface area contributed by atoms with Crippen LogP contribution in [-0.2, 0) is 11.2 Å². The third-order valence-corrected chi connectivity index (χ3v) is 6.64. The Balaban J connectivity index is 1.34. The molecule has 2 saturated heterocycles. The largest absolute Gasteiger partial charge is 0.343 e. The lowest BCUT2D eigenvalue weighted by molar-refractivity contribution is -0.135. The number of nitrogens with two attached hydrogens (primary N) is 1. The second kappa shape index (κ2) is 9.32. The minimum atomic E-state index is -1.22. The van der Waals surface area contributed by atoms with E-state index in [1.807, 2.05) is 11.0 Å². The van der Waals surface area contributed by atoms with E-state index < -0.39 is 23.5 Å². The van der Waals surface area contributed by atoms with Gasteiger partial charge in [0.1, 0.15) is 5.82 Å². The van der Waals surface area contributed by atoms with E-state index in [2.05, 4.69) is 5.32 Å². The summed E-state index contributed by atoms with van der Waals surface area (Å²) in [6.07, 6.45) is 3.15. The Hall–Kier alpha value is -2.87. The summed E-state index contributed by atoms with van der Waals surface area (Å²) in [5.41, 5.74) is 6.89. The van der Waals surface area contributed by atoms with Crippen LogP contribution in [-0.4, -0.2) is 41.4 Å². The van der Waals surface area contributed by atoms with E-state index in [0.717, 1.165) is 18.9 Å². The van der Waals surface area contributed by atoms with E-state index >= 15 is 0 Å². The molecule has 0 radical (unpaired) electrons. The van der Waals surface area contributed by atoms with Crippen LogP contribution in [0.4, 0.5) is 13.2 Å². The lowest BCUT2D eigenvalue weighted by Gasteiger charge is -2.41. The smallest absolute Gasteiger partial charge is 0.251 e. The van der Waals surface area contributed by atoms with E-state index in [1.54, 1.807) is 24.3 Å². The molecule has 0 spiro atoms. The number of piperidine rings is 1. The van der Waals surface area contributed by atoms with Gasteiger partial charge < -0.3 is 16.0 Å². The number of fused-ring (bicyclic) bond motifs is 2. The molecule has 1 unspecified atom stereocenters. The molecule has 2 aliphatic heterocycles. The fraction of sp³-hybridized carbons (Fsp3) is 0.417. The topological polar surface area (TPSA) is 75.4 Å². The van der Waals surface area contributed by atoms with Crippen molar-refractivity contribution in [1.82, 2.24) is 10.2 Å². The van der Waals surface area contributed by atoms with Crippen LogP contribution in [0.2, 0.25) is 0 Å². The molecule has 0 aliphatic carbocycles. The minimum absolute atomic E-state index is 0.0146. The van der Waals surface area contributed by atoms with Crippen LogP contribution in [0.3, 0.4) is 0 Å². The standard InChI is InChI=1S/C24H26F3N3O2/c25-19-12-21(27)20(26)10-15(19)11-22(28)16-8-17-6-7-18(9-16)30(17)23(31)13-29-24(32)14-4-2-1-3-5-14/h1-5,10,12,16-18,22H,6-9,11,13,28H2,(H,29,32)/t16?,17-,18+,22-/m1/s1. The van der Waals surface area contributed by atoms with E-state index in [0.29, 0.717) is 24.5 Å². The van der Waals surface area contributed by atoms with Crippen molar-refractivity contribution in [2.24, 2.45) is 11.7 Å². The Morgan fingerprint density at radius 1 is 1.00 bits per heavy atom. The summed E-state index contributed by atoms with van der Waals surface area (Å²) in [6, 6.07) is 9.73. The predicted octanol–water partition coefficient (Wildman–Crippen LogP) is 3.17. The van der Waals surface area contributed by atoms with Crippen LogP contribution in [0.1, 0.15) is 41.6 Å². The molecule has 2 aromatic rings. The van der Waals surface area contributed by atoms with Gasteiger partial charge in [0, 0.05) is 29.8 Å². The molecule has 2 aromatic carbocycles. The van der Waals surface area contributed by atoms with Crippen LogP contribution >= 0.6 is 0 Å². The molecular weight excluding hydrogens is 419 g/mol. The quantitative estimate of drug-likeness (QED) is 0.671. The highest BCUT2D eigenvalue weighted by Crippen LogP contribution is 2.40. The molecule has 2 heterocycles. The van der Waals surface area contributed by atoms with Crippen molar-refractivity contribution >= 4 is 11.8 Å². The molecule has 4 rings (SSSR count). The van der Waals surface area contributed by atoms with Gasteiger partial charge in [-0.05, 0) is 61.8 Å². The Bertz CT molecular complexity index is 987. The summed E-state index contributed by atoms with van der Waals surface area (Å²) in [6.45, 7) is -0.0719. The van der Waals surface area contributed by atoms with Gasteiger partial charge in [0.15, 0.2) is 11.6 Å². The number of amides is 2. The second-order valence-electron chi connectivity index (χ2n) is 8.69. The van der Waals surface area contributed by atoms with Crippen LogP contribution in [0.5, 0.6) is 0 Å². The molecule has 5 nitrogen and oxygen atoms in total. The van der Waals surface area contributed by atoms with Crippen molar-refractivity contribution in [2.75, 3.05) is 6.54 Å². The van der Waals surface area contributed by atoms with Crippen LogP contribution < -0.4 is 11.1 Å². The molecule has 3 N–H and O–H groups in total. The first kappa shape index (κ1) is 22.3. The lowest BCUT2D eigenvalue weighted by Crippen LogP contribution is -2.52. The van der Waals surface area contributed by atoms with Gasteiger partial charge in [0.2, 0.25) is 5.91 Å². The van der Waals surface area contributed by atoms with Gasteiger partial charge in [-0.2, -0.15) is 0 Å². The van der Waals surface area contributed by atoms with Crippen molar-refractivity contribution in [3.63, 3.8) is 0 Å². The molecule has 8 heteroatoms. The highest BCUT2D eigenvalue weighted by molar-refractivity contribution is 5.96. The monoisotopic (exact) mass is 445 g/mol. The highest BCUT2D eigenvalue weighted by Gasteiger charge is 2.44. The second-order valence-corrected chi connectivity index (χ2v) is 8.69. The van der Waals surface area contributed by atoms with Gasteiger partial charge in [-0.3, -0.25) is 9.59 Å². The average molecular weight is 445 g/mol. The number of nitrogens with zero attached hydrogens (tertiary/aromatic N) is 1. The summed E-state index contributed by atoms with van der Waals surface area (Å²) in [5.74, 6) is -3.49. The fourth-order valence-corrected chi connectivity index (χ4v) is 5.06. The molecule has 0 aromatic heterocycles. The number of halogens is 3. The zero-order valence-electron chi connectivity index (χ0n) is 17.6. The van der Waals surface area contributed by atoms with Crippen molar-refractivity contribution in [1.29, 1.82) is 0 Å². The van der Waals surface area contributed by atoms with E-state index in [-0.39, 0.29) is 48.3 Å². The van der Waals surface area contributed by atoms with Gasteiger partial charge >= 0.3 is 0 Å². The van der Waals surface area contributed by atoms with Gasteiger partial charge in [0.05, 0.1) is 6.54 Å². The normalized spacial score (nSPS) is 23.1. The Kier molecular flexibility index (Phi) is 6.50. The van der Waals surface area contributed by atoms with Crippen molar-refractivity contribution < 1.29 is 22.8 Å². The Morgan fingerprint density at radius 2 is 1.62 bits per heavy atom. The molecule has 4 atom stereocenters. The number of nitrogens with one attached hydrogen (secondary N) is 1. The zero-order chi connectivity index (χ0) is 22.8. The molecule has 170 valence electrons. The summed E-state index contributed by atoms with van der Waals surface area (Å²) in [4.78, 5) is 26.9. The highest BCUT2D eigenvalue weighted by atomic mass is 19.2. The van der Waals surface area contributed by atoms with E-state index in [9.17, 15) is 22.8 Å². The van der Waals surface area contributed by atoms with Gasteiger partial charge in [-0.15, -0.1) is 0 Å². The predicted molar refractivity (Wildman–Crippen MR) is 113 cm³/mol. The third-order valence-electron chi connectivity index (χ3n) is 6.64. The summed E-state index contributed by atoms with van der Waals surface area (Å²) >= 11 is 0. The zero-order valence-corrected chi connectivity index (χ0v) is 17.6. The van der Waals surface area contributed by atoms with E-state index in [1.165, 1.54) is 0 Å². The molecule has 32 heavy (non-hydrogen) atoms. The number of rotatable bonds is 6.